The molecule has 0 bridgehead atoms. The van der Waals surface area contributed by atoms with E-state index >= 15 is 0 Å². The van der Waals surface area contributed by atoms with E-state index in [0.29, 0.717) is 6.04 Å². The maximum absolute atomic E-state index is 3.66. The Labute approximate surface area is 128 Å². The maximum atomic E-state index is 3.66. The summed E-state index contributed by atoms with van der Waals surface area (Å²) in [7, 11) is 2.18. The molecule has 0 aliphatic rings. The van der Waals surface area contributed by atoms with Crippen LogP contribution in [0, 0.1) is 0 Å². The van der Waals surface area contributed by atoms with Crippen LogP contribution >= 0.6 is 0 Å². The summed E-state index contributed by atoms with van der Waals surface area (Å²) in [6.45, 7) is 5.30. The van der Waals surface area contributed by atoms with Crippen molar-refractivity contribution in [1.29, 1.82) is 0 Å². The highest BCUT2D eigenvalue weighted by Gasteiger charge is 2.08. The Hall–Kier alpha value is -1.64. The molecule has 112 valence electrons. The molecule has 0 fully saturated rings. The minimum Gasteiger partial charge on any atom is -0.309 e. The van der Waals surface area contributed by atoms with Crippen molar-refractivity contribution in [2.24, 2.45) is 0 Å². The second-order valence-electron chi connectivity index (χ2n) is 5.55. The molecule has 1 unspecified atom stereocenters. The van der Waals surface area contributed by atoms with Crippen molar-refractivity contribution in [2.45, 2.75) is 25.9 Å². The molecule has 2 rings (SSSR count). The van der Waals surface area contributed by atoms with Gasteiger partial charge in [-0.3, -0.25) is 0 Å². The highest BCUT2D eigenvalue weighted by atomic mass is 15.1. The van der Waals surface area contributed by atoms with Crippen molar-refractivity contribution in [2.75, 3.05) is 20.1 Å². The molecule has 2 heteroatoms. The first-order chi connectivity index (χ1) is 10.3. The van der Waals surface area contributed by atoms with Crippen LogP contribution in [-0.2, 0) is 6.54 Å². The van der Waals surface area contributed by atoms with Gasteiger partial charge in [-0.2, -0.15) is 0 Å². The monoisotopic (exact) mass is 282 g/mol. The minimum atomic E-state index is 0.455. The van der Waals surface area contributed by atoms with Gasteiger partial charge in [-0.1, -0.05) is 67.6 Å². The second kappa shape index (κ2) is 8.60. The Balaban J connectivity index is 1.75. The van der Waals surface area contributed by atoms with Crippen molar-refractivity contribution >= 4 is 0 Å². The van der Waals surface area contributed by atoms with Crippen LogP contribution in [0.4, 0.5) is 0 Å². The van der Waals surface area contributed by atoms with E-state index in [-0.39, 0.29) is 0 Å². The molecule has 2 aromatic rings. The lowest BCUT2D eigenvalue weighted by molar-refractivity contribution is 0.316. The number of likely N-dealkylation sites (N-methyl/N-ethyl adjacent to an activating group) is 1. The summed E-state index contributed by atoms with van der Waals surface area (Å²) in [4.78, 5) is 2.36. The third-order valence-corrected chi connectivity index (χ3v) is 3.79. The summed E-state index contributed by atoms with van der Waals surface area (Å²) in [5.41, 5.74) is 2.75. The average Bonchev–Trinajstić information content (AvgIpc) is 2.53. The summed E-state index contributed by atoms with van der Waals surface area (Å²) in [6.07, 6.45) is 1.12. The number of hydrogen-bond acceptors (Lipinski definition) is 2. The Morgan fingerprint density at radius 1 is 0.952 bits per heavy atom. The first-order valence-electron chi connectivity index (χ1n) is 7.80. The quantitative estimate of drug-likeness (QED) is 0.791. The molecule has 0 heterocycles. The Morgan fingerprint density at radius 3 is 2.19 bits per heavy atom. The molecule has 0 aromatic heterocycles. The zero-order valence-electron chi connectivity index (χ0n) is 13.1. The fourth-order valence-electron chi connectivity index (χ4n) is 2.59. The molecule has 0 aliphatic heterocycles. The molecule has 0 aliphatic carbocycles. The van der Waals surface area contributed by atoms with Crippen LogP contribution < -0.4 is 5.32 Å². The molecule has 0 radical (unpaired) electrons. The van der Waals surface area contributed by atoms with Gasteiger partial charge < -0.3 is 10.2 Å². The van der Waals surface area contributed by atoms with E-state index in [1.165, 1.54) is 11.1 Å². The van der Waals surface area contributed by atoms with Gasteiger partial charge in [0.2, 0.25) is 0 Å². The molecule has 2 aromatic carbocycles. The Kier molecular flexibility index (Phi) is 6.45. The number of nitrogens with one attached hydrogen (secondary N) is 1. The van der Waals surface area contributed by atoms with Gasteiger partial charge in [-0.15, -0.1) is 0 Å². The lowest BCUT2D eigenvalue weighted by atomic mass is 10.0. The number of nitrogens with zero attached hydrogens (tertiary/aromatic N) is 1. The van der Waals surface area contributed by atoms with Gasteiger partial charge in [0.1, 0.15) is 0 Å². The van der Waals surface area contributed by atoms with Crippen LogP contribution in [0.2, 0.25) is 0 Å². The standard InChI is InChI=1S/C19H26N2/c1-3-19(18-12-8-5-9-13-18)20-14-15-21(2)16-17-10-6-4-7-11-17/h4-13,19-20H,3,14-16H2,1-2H3. The van der Waals surface area contributed by atoms with Crippen molar-refractivity contribution in [3.05, 3.63) is 71.8 Å². The van der Waals surface area contributed by atoms with Crippen molar-refractivity contribution in [3.8, 4) is 0 Å². The van der Waals surface area contributed by atoms with Gasteiger partial charge in [-0.25, -0.2) is 0 Å². The Morgan fingerprint density at radius 2 is 1.57 bits per heavy atom. The maximum Gasteiger partial charge on any atom is 0.0318 e. The summed E-state index contributed by atoms with van der Waals surface area (Å²) in [5.74, 6) is 0. The van der Waals surface area contributed by atoms with Crippen LogP contribution in [0.1, 0.15) is 30.5 Å². The first-order valence-corrected chi connectivity index (χ1v) is 7.80. The second-order valence-corrected chi connectivity index (χ2v) is 5.55. The largest absolute Gasteiger partial charge is 0.309 e. The smallest absolute Gasteiger partial charge is 0.0318 e. The third-order valence-electron chi connectivity index (χ3n) is 3.79. The summed E-state index contributed by atoms with van der Waals surface area (Å²) >= 11 is 0. The van der Waals surface area contributed by atoms with Crippen molar-refractivity contribution in [3.63, 3.8) is 0 Å². The molecule has 2 nitrogen and oxygen atoms in total. The van der Waals surface area contributed by atoms with Crippen molar-refractivity contribution in [1.82, 2.24) is 10.2 Å². The highest BCUT2D eigenvalue weighted by molar-refractivity contribution is 5.18. The summed E-state index contributed by atoms with van der Waals surface area (Å²) in [6, 6.07) is 21.8. The van der Waals surface area contributed by atoms with Gasteiger partial charge in [-0.05, 0) is 24.6 Å². The van der Waals surface area contributed by atoms with Crippen LogP contribution in [-0.4, -0.2) is 25.0 Å². The van der Waals surface area contributed by atoms with E-state index in [4.69, 9.17) is 0 Å². The van der Waals surface area contributed by atoms with Gasteiger partial charge in [0, 0.05) is 25.7 Å². The van der Waals surface area contributed by atoms with E-state index in [0.717, 1.165) is 26.1 Å². The highest BCUT2D eigenvalue weighted by Crippen LogP contribution is 2.15. The van der Waals surface area contributed by atoms with E-state index < -0.39 is 0 Å². The summed E-state index contributed by atoms with van der Waals surface area (Å²) < 4.78 is 0. The molecule has 1 atom stereocenters. The molecule has 0 saturated heterocycles. The summed E-state index contributed by atoms with van der Waals surface area (Å²) in [5, 5.41) is 3.66. The van der Waals surface area contributed by atoms with Crippen molar-refractivity contribution < 1.29 is 0 Å². The topological polar surface area (TPSA) is 15.3 Å². The zero-order chi connectivity index (χ0) is 14.9. The van der Waals surface area contributed by atoms with Gasteiger partial charge in [0.15, 0.2) is 0 Å². The number of rotatable bonds is 8. The van der Waals surface area contributed by atoms with Gasteiger partial charge in [0.05, 0.1) is 0 Å². The molecule has 21 heavy (non-hydrogen) atoms. The lowest BCUT2D eigenvalue weighted by Gasteiger charge is -2.21. The average molecular weight is 282 g/mol. The van der Waals surface area contributed by atoms with Crippen LogP contribution in [0.15, 0.2) is 60.7 Å². The van der Waals surface area contributed by atoms with E-state index in [9.17, 15) is 0 Å². The molecular formula is C19H26N2. The van der Waals surface area contributed by atoms with E-state index in [1.54, 1.807) is 0 Å². The van der Waals surface area contributed by atoms with Crippen LogP contribution in [0.25, 0.3) is 0 Å². The molecule has 0 spiro atoms. The Bertz CT molecular complexity index is 495. The normalized spacial score (nSPS) is 12.5. The molecule has 1 N–H and O–H groups in total. The number of hydrogen-bond donors (Lipinski definition) is 1. The fourth-order valence-corrected chi connectivity index (χ4v) is 2.59. The number of benzene rings is 2. The first kappa shape index (κ1) is 15.7. The van der Waals surface area contributed by atoms with Crippen LogP contribution in [0.5, 0.6) is 0 Å². The van der Waals surface area contributed by atoms with Gasteiger partial charge in [0.25, 0.3) is 0 Å². The molecule has 0 saturated carbocycles. The fraction of sp³-hybridized carbons (Fsp3) is 0.368. The van der Waals surface area contributed by atoms with Gasteiger partial charge >= 0.3 is 0 Å². The minimum absolute atomic E-state index is 0.455. The predicted molar refractivity (Wildman–Crippen MR) is 90.3 cm³/mol. The SMILES string of the molecule is CCC(NCCN(C)Cc1ccccc1)c1ccccc1. The van der Waals surface area contributed by atoms with E-state index in [1.807, 2.05) is 0 Å². The zero-order valence-corrected chi connectivity index (χ0v) is 13.1. The van der Waals surface area contributed by atoms with E-state index in [2.05, 4.69) is 84.9 Å². The lowest BCUT2D eigenvalue weighted by Crippen LogP contribution is -2.31. The third kappa shape index (κ3) is 5.33. The molecule has 0 amide bonds. The predicted octanol–water partition coefficient (Wildman–Crippen LogP) is 3.86. The molecular weight excluding hydrogens is 256 g/mol. The van der Waals surface area contributed by atoms with Crippen LogP contribution in [0.3, 0.4) is 0 Å².